The number of aliphatic carboxylic acids is 1. The second kappa shape index (κ2) is 7.78. The smallest absolute Gasteiger partial charge is 0.326 e. The van der Waals surface area contributed by atoms with Crippen LogP contribution in [0.15, 0.2) is 16.9 Å². The van der Waals surface area contributed by atoms with Crippen LogP contribution >= 0.6 is 0 Å². The number of nitrogens with two attached hydrogens (primary N) is 2. The number of hydrogen-bond acceptors (Lipinski definition) is 4. The highest BCUT2D eigenvalue weighted by molar-refractivity contribution is 5.78. The van der Waals surface area contributed by atoms with Gasteiger partial charge in [0.25, 0.3) is 0 Å². The molecule has 0 aromatic rings. The molecule has 18 heavy (non-hydrogen) atoms. The van der Waals surface area contributed by atoms with Gasteiger partial charge in [-0.1, -0.05) is 6.08 Å². The number of halogens is 1. The Balaban J connectivity index is 4.33. The van der Waals surface area contributed by atoms with Crippen molar-refractivity contribution < 1.29 is 19.0 Å². The van der Waals surface area contributed by atoms with Gasteiger partial charge in [0, 0.05) is 7.11 Å². The minimum Gasteiger partial charge on any atom is -0.480 e. The first-order valence-corrected chi connectivity index (χ1v) is 5.44. The molecular formula is C11H20FN3O3. The van der Waals surface area contributed by atoms with Crippen LogP contribution in [0, 0.1) is 0 Å². The lowest BCUT2D eigenvalue weighted by Gasteiger charge is -2.22. The van der Waals surface area contributed by atoms with Crippen molar-refractivity contribution in [2.24, 2.45) is 16.5 Å². The summed E-state index contributed by atoms with van der Waals surface area (Å²) < 4.78 is 18.0. The summed E-state index contributed by atoms with van der Waals surface area (Å²) in [7, 11) is 1.36. The summed E-state index contributed by atoms with van der Waals surface area (Å²) in [5.41, 5.74) is 9.39. The van der Waals surface area contributed by atoms with Gasteiger partial charge >= 0.3 is 5.97 Å². The molecule has 0 rings (SSSR count). The van der Waals surface area contributed by atoms with E-state index in [9.17, 15) is 9.18 Å². The fourth-order valence-corrected chi connectivity index (χ4v) is 1.25. The summed E-state index contributed by atoms with van der Waals surface area (Å²) in [6.45, 7) is 1.29. The molecule has 1 atom stereocenters. The van der Waals surface area contributed by atoms with Gasteiger partial charge < -0.3 is 21.3 Å². The number of amidine groups is 1. The predicted octanol–water partition coefficient (Wildman–Crippen LogP) is 0.426. The van der Waals surface area contributed by atoms with Gasteiger partial charge in [0.05, 0.1) is 19.0 Å². The molecule has 0 spiro atoms. The summed E-state index contributed by atoms with van der Waals surface area (Å²) >= 11 is 0. The monoisotopic (exact) mass is 261 g/mol. The summed E-state index contributed by atoms with van der Waals surface area (Å²) in [6, 6.07) is 0. The minimum absolute atomic E-state index is 0.0783. The van der Waals surface area contributed by atoms with Gasteiger partial charge in [0.15, 0.2) is 0 Å². The first-order chi connectivity index (χ1) is 8.31. The molecule has 1 unspecified atom stereocenters. The molecule has 5 N–H and O–H groups in total. The van der Waals surface area contributed by atoms with Gasteiger partial charge in [-0.25, -0.2) is 4.39 Å². The molecule has 6 nitrogen and oxygen atoms in total. The number of allylic oxidation sites excluding steroid dienone is 1. The zero-order valence-electron chi connectivity index (χ0n) is 10.6. The van der Waals surface area contributed by atoms with Crippen molar-refractivity contribution in [2.45, 2.75) is 25.3 Å². The van der Waals surface area contributed by atoms with E-state index in [2.05, 4.69) is 4.99 Å². The molecule has 0 aromatic heterocycles. The average Bonchev–Trinajstić information content (AvgIpc) is 2.26. The highest BCUT2D eigenvalue weighted by Crippen LogP contribution is 2.13. The van der Waals surface area contributed by atoms with E-state index in [1.54, 1.807) is 6.92 Å². The zero-order valence-corrected chi connectivity index (χ0v) is 10.6. The van der Waals surface area contributed by atoms with E-state index in [-0.39, 0.29) is 31.8 Å². The number of methoxy groups -OCH3 is 1. The van der Waals surface area contributed by atoms with E-state index >= 15 is 0 Å². The number of ether oxygens (including phenoxy) is 1. The van der Waals surface area contributed by atoms with Gasteiger partial charge in [-0.05, 0) is 19.8 Å². The van der Waals surface area contributed by atoms with Crippen LogP contribution in [0.2, 0.25) is 0 Å². The van der Waals surface area contributed by atoms with Gasteiger partial charge in [0.2, 0.25) is 0 Å². The summed E-state index contributed by atoms with van der Waals surface area (Å²) in [5.74, 6) is -1.35. The number of carboxylic acids is 1. The summed E-state index contributed by atoms with van der Waals surface area (Å²) in [6.07, 6.45) is 1.53. The molecule has 0 radical (unpaired) electrons. The maximum Gasteiger partial charge on any atom is 0.326 e. The van der Waals surface area contributed by atoms with Crippen LogP contribution < -0.4 is 11.5 Å². The van der Waals surface area contributed by atoms with Crippen LogP contribution in [0.1, 0.15) is 19.8 Å². The number of rotatable bonds is 8. The van der Waals surface area contributed by atoms with E-state index in [0.717, 1.165) is 0 Å². The maximum absolute atomic E-state index is 13.2. The quantitative estimate of drug-likeness (QED) is 0.433. The third-order valence-electron chi connectivity index (χ3n) is 2.26. The van der Waals surface area contributed by atoms with Gasteiger partial charge in [-0.2, -0.15) is 0 Å². The van der Waals surface area contributed by atoms with Crippen molar-refractivity contribution in [3.8, 4) is 0 Å². The Bertz CT molecular complexity index is 340. The first kappa shape index (κ1) is 16.5. The molecule has 0 aliphatic heterocycles. The molecule has 0 amide bonds. The van der Waals surface area contributed by atoms with Crippen LogP contribution in [0.3, 0.4) is 0 Å². The first-order valence-electron chi connectivity index (χ1n) is 5.44. The van der Waals surface area contributed by atoms with Gasteiger partial charge in [-0.3, -0.25) is 9.79 Å². The lowest BCUT2D eigenvalue weighted by Crippen LogP contribution is -2.51. The van der Waals surface area contributed by atoms with Crippen molar-refractivity contribution >= 4 is 11.8 Å². The largest absolute Gasteiger partial charge is 0.480 e. The number of nitrogens with zero attached hydrogens (tertiary/aromatic N) is 1. The van der Waals surface area contributed by atoms with Crippen LogP contribution in [0.5, 0.6) is 0 Å². The van der Waals surface area contributed by atoms with Crippen LogP contribution in [0.4, 0.5) is 4.39 Å². The number of carbonyl (C=O) groups is 1. The van der Waals surface area contributed by atoms with E-state index in [0.29, 0.717) is 0 Å². The second-order valence-electron chi connectivity index (χ2n) is 4.04. The lowest BCUT2D eigenvalue weighted by atomic mass is 9.95. The zero-order chi connectivity index (χ0) is 14.2. The Hall–Kier alpha value is -1.47. The average molecular weight is 261 g/mol. The molecule has 104 valence electrons. The molecule has 7 heteroatoms. The highest BCUT2D eigenvalue weighted by Gasteiger charge is 2.33. The van der Waals surface area contributed by atoms with Crippen molar-refractivity contribution in [2.75, 3.05) is 20.3 Å². The molecular weight excluding hydrogens is 241 g/mol. The molecule has 0 saturated heterocycles. The minimum atomic E-state index is -1.50. The van der Waals surface area contributed by atoms with Crippen molar-refractivity contribution in [3.63, 3.8) is 0 Å². The molecule has 0 aromatic carbocycles. The van der Waals surface area contributed by atoms with E-state index in [1.165, 1.54) is 13.2 Å². The summed E-state index contributed by atoms with van der Waals surface area (Å²) in [5, 5.41) is 8.95. The molecule has 0 fully saturated rings. The normalized spacial score (nSPS) is 16.4. The Labute approximate surface area is 106 Å². The third-order valence-corrected chi connectivity index (χ3v) is 2.26. The topological polar surface area (TPSA) is 111 Å². The SMILES string of the molecule is COCC(N)(CCC=C(F)CN=C(C)N)C(=O)O. The van der Waals surface area contributed by atoms with E-state index < -0.39 is 17.3 Å². The highest BCUT2D eigenvalue weighted by atomic mass is 19.1. The third kappa shape index (κ3) is 6.31. The fourth-order valence-electron chi connectivity index (χ4n) is 1.25. The second-order valence-corrected chi connectivity index (χ2v) is 4.04. The Morgan fingerprint density at radius 1 is 1.61 bits per heavy atom. The maximum atomic E-state index is 13.2. The molecule has 0 heterocycles. The lowest BCUT2D eigenvalue weighted by molar-refractivity contribution is -0.145. The Kier molecular flexibility index (Phi) is 7.14. The molecule has 0 saturated carbocycles. The van der Waals surface area contributed by atoms with Gasteiger partial charge in [-0.15, -0.1) is 0 Å². The Morgan fingerprint density at radius 3 is 2.67 bits per heavy atom. The predicted molar refractivity (Wildman–Crippen MR) is 67.0 cm³/mol. The number of aliphatic imine (C=N–C) groups is 1. The summed E-state index contributed by atoms with van der Waals surface area (Å²) in [4.78, 5) is 14.6. The number of hydrogen-bond donors (Lipinski definition) is 3. The number of carboxylic acid groups (broad SMARTS) is 1. The standard InChI is InChI=1S/C11H20FN3O3/c1-8(13)15-6-9(12)4-3-5-11(14,7-18-2)10(16)17/h4H,3,5-7,14H2,1-2H3,(H2,13,15)(H,16,17). The van der Waals surface area contributed by atoms with Gasteiger partial charge in [0.1, 0.15) is 11.4 Å². The van der Waals surface area contributed by atoms with Crippen molar-refractivity contribution in [3.05, 3.63) is 11.9 Å². The molecule has 0 aliphatic carbocycles. The Morgan fingerprint density at radius 2 is 2.22 bits per heavy atom. The van der Waals surface area contributed by atoms with Crippen molar-refractivity contribution in [1.82, 2.24) is 0 Å². The van der Waals surface area contributed by atoms with Crippen LogP contribution in [-0.2, 0) is 9.53 Å². The molecule has 0 aliphatic rings. The van der Waals surface area contributed by atoms with E-state index in [1.807, 2.05) is 0 Å². The fraction of sp³-hybridized carbons (Fsp3) is 0.636. The van der Waals surface area contributed by atoms with E-state index in [4.69, 9.17) is 21.3 Å². The van der Waals surface area contributed by atoms with Crippen molar-refractivity contribution in [1.29, 1.82) is 0 Å². The van der Waals surface area contributed by atoms with Crippen LogP contribution in [0.25, 0.3) is 0 Å². The molecule has 0 bridgehead atoms. The van der Waals surface area contributed by atoms with Crippen LogP contribution in [-0.4, -0.2) is 42.7 Å².